The highest BCUT2D eigenvalue weighted by atomic mass is 35.5. The Bertz CT molecular complexity index is 427. The number of esters is 1. The molecule has 8 nitrogen and oxygen atoms in total. The molecule has 1 heterocycles. The van der Waals surface area contributed by atoms with Crippen LogP contribution in [0.5, 0.6) is 0 Å². The number of nitrogens with one attached hydrogen (secondary N) is 1. The third-order valence-electron chi connectivity index (χ3n) is 2.83. The Morgan fingerprint density at radius 3 is 2.62 bits per heavy atom. The van der Waals surface area contributed by atoms with Gasteiger partial charge < -0.3 is 15.8 Å². The van der Waals surface area contributed by atoms with Crippen LogP contribution in [0, 0.1) is 0 Å². The van der Waals surface area contributed by atoms with E-state index < -0.39 is 42.3 Å². The quantitative estimate of drug-likeness (QED) is 0.493. The van der Waals surface area contributed by atoms with Gasteiger partial charge in [-0.3, -0.25) is 24.1 Å². The van der Waals surface area contributed by atoms with E-state index in [1.165, 1.54) is 6.92 Å². The molecule has 0 spiro atoms. The topological polar surface area (TPSA) is 119 Å². The summed E-state index contributed by atoms with van der Waals surface area (Å²) in [6, 6.07) is -1.58. The summed E-state index contributed by atoms with van der Waals surface area (Å²) < 4.78 is 4.70. The second-order valence-corrected chi connectivity index (χ2v) is 4.51. The predicted molar refractivity (Wildman–Crippen MR) is 75.4 cm³/mol. The van der Waals surface area contributed by atoms with E-state index in [0.717, 1.165) is 4.90 Å². The lowest BCUT2D eigenvalue weighted by molar-refractivity contribution is -0.158. The highest BCUT2D eigenvalue weighted by molar-refractivity contribution is 6.04. The van der Waals surface area contributed by atoms with Crippen molar-refractivity contribution in [3.05, 3.63) is 0 Å². The van der Waals surface area contributed by atoms with Gasteiger partial charge in [-0.25, -0.2) is 0 Å². The summed E-state index contributed by atoms with van der Waals surface area (Å²) in [5, 5.41) is 2.46. The zero-order valence-electron chi connectivity index (χ0n) is 12.0. The zero-order valence-corrected chi connectivity index (χ0v) is 12.8. The van der Waals surface area contributed by atoms with Crippen LogP contribution in [0.3, 0.4) is 0 Å². The monoisotopic (exact) mass is 321 g/mol. The predicted octanol–water partition coefficient (Wildman–Crippen LogP) is -1.05. The minimum Gasteiger partial charge on any atom is -0.465 e. The van der Waals surface area contributed by atoms with E-state index in [1.807, 2.05) is 0 Å². The van der Waals surface area contributed by atoms with Crippen molar-refractivity contribution >= 4 is 36.1 Å². The van der Waals surface area contributed by atoms with Crippen LogP contribution in [0.15, 0.2) is 0 Å². The molecule has 0 unspecified atom stereocenters. The van der Waals surface area contributed by atoms with Gasteiger partial charge in [-0.15, -0.1) is 12.4 Å². The third kappa shape index (κ3) is 5.31. The van der Waals surface area contributed by atoms with Crippen molar-refractivity contribution in [2.45, 2.75) is 38.8 Å². The number of ether oxygens (including phenoxy) is 1. The van der Waals surface area contributed by atoms with Crippen molar-refractivity contribution in [3.8, 4) is 0 Å². The van der Waals surface area contributed by atoms with Crippen LogP contribution in [0.25, 0.3) is 0 Å². The van der Waals surface area contributed by atoms with Crippen molar-refractivity contribution in [1.82, 2.24) is 10.2 Å². The van der Waals surface area contributed by atoms with Gasteiger partial charge in [0.15, 0.2) is 0 Å². The number of amides is 3. The first-order valence-corrected chi connectivity index (χ1v) is 6.42. The fourth-order valence-corrected chi connectivity index (χ4v) is 1.78. The number of carbonyl (C=O) groups excluding carboxylic acids is 4. The first-order chi connectivity index (χ1) is 9.36. The Morgan fingerprint density at radius 2 is 2.10 bits per heavy atom. The molecule has 2 atom stereocenters. The van der Waals surface area contributed by atoms with E-state index in [0.29, 0.717) is 0 Å². The molecule has 0 radical (unpaired) electrons. The first-order valence-electron chi connectivity index (χ1n) is 6.42. The van der Waals surface area contributed by atoms with Crippen LogP contribution in [-0.4, -0.2) is 53.8 Å². The molecule has 1 aliphatic rings. The van der Waals surface area contributed by atoms with E-state index in [-0.39, 0.29) is 31.9 Å². The van der Waals surface area contributed by atoms with Gasteiger partial charge in [-0.1, -0.05) is 0 Å². The summed E-state index contributed by atoms with van der Waals surface area (Å²) in [5.41, 5.74) is 5.40. The molecule has 120 valence electrons. The molecule has 0 aromatic carbocycles. The van der Waals surface area contributed by atoms with E-state index in [9.17, 15) is 19.2 Å². The molecule has 1 rings (SSSR count). The standard InChI is InChI=1S/C12H19N3O5.ClH/c1-3-20-10(17)6-15-9(16)5-4-8(12(15)19)14-11(18)7(2)13;/h7-8H,3-6,13H2,1-2H3,(H,14,18);1H/t7-,8-;/m0./s1. The maximum absolute atomic E-state index is 12.1. The number of nitrogens with zero attached hydrogens (tertiary/aromatic N) is 1. The zero-order chi connectivity index (χ0) is 15.3. The fourth-order valence-electron chi connectivity index (χ4n) is 1.78. The number of halogens is 1. The molecule has 0 aliphatic carbocycles. The number of piperidine rings is 1. The lowest BCUT2D eigenvalue weighted by Crippen LogP contribution is -2.57. The van der Waals surface area contributed by atoms with Gasteiger partial charge in [-0.05, 0) is 20.3 Å². The Hall–Kier alpha value is -1.67. The lowest BCUT2D eigenvalue weighted by Gasteiger charge is -2.30. The molecule has 1 saturated heterocycles. The van der Waals surface area contributed by atoms with E-state index >= 15 is 0 Å². The van der Waals surface area contributed by atoms with Crippen molar-refractivity contribution in [2.75, 3.05) is 13.2 Å². The number of imide groups is 1. The molecule has 1 fully saturated rings. The molecular weight excluding hydrogens is 302 g/mol. The maximum Gasteiger partial charge on any atom is 0.326 e. The summed E-state index contributed by atoms with van der Waals surface area (Å²) in [7, 11) is 0. The minimum atomic E-state index is -0.833. The Labute approximate surface area is 128 Å². The Morgan fingerprint density at radius 1 is 1.48 bits per heavy atom. The van der Waals surface area contributed by atoms with Gasteiger partial charge in [-0.2, -0.15) is 0 Å². The summed E-state index contributed by atoms with van der Waals surface area (Å²) >= 11 is 0. The SMILES string of the molecule is CCOC(=O)CN1C(=O)CC[C@H](NC(=O)[C@H](C)N)C1=O.Cl. The second kappa shape index (κ2) is 8.58. The average Bonchev–Trinajstić information content (AvgIpc) is 2.38. The van der Waals surface area contributed by atoms with E-state index in [4.69, 9.17) is 10.5 Å². The Kier molecular flexibility index (Phi) is 7.90. The number of carbonyl (C=O) groups is 4. The van der Waals surface area contributed by atoms with Crippen LogP contribution >= 0.6 is 12.4 Å². The van der Waals surface area contributed by atoms with Gasteiger partial charge in [0.2, 0.25) is 11.8 Å². The van der Waals surface area contributed by atoms with Gasteiger partial charge in [0, 0.05) is 6.42 Å². The molecule has 3 N–H and O–H groups in total. The molecule has 21 heavy (non-hydrogen) atoms. The summed E-state index contributed by atoms with van der Waals surface area (Å²) in [4.78, 5) is 47.4. The smallest absolute Gasteiger partial charge is 0.326 e. The molecule has 1 aliphatic heterocycles. The molecule has 0 aromatic rings. The van der Waals surface area contributed by atoms with Crippen LogP contribution in [0.2, 0.25) is 0 Å². The third-order valence-corrected chi connectivity index (χ3v) is 2.83. The van der Waals surface area contributed by atoms with Crippen molar-refractivity contribution < 1.29 is 23.9 Å². The fraction of sp³-hybridized carbons (Fsp3) is 0.667. The van der Waals surface area contributed by atoms with Crippen molar-refractivity contribution in [3.63, 3.8) is 0 Å². The summed E-state index contributed by atoms with van der Waals surface area (Å²) in [5.74, 6) is -2.19. The van der Waals surface area contributed by atoms with Crippen molar-refractivity contribution in [1.29, 1.82) is 0 Å². The molecule has 3 amide bonds. The molecule has 0 bridgehead atoms. The molecule has 0 aromatic heterocycles. The molecule has 9 heteroatoms. The molecular formula is C12H20ClN3O5. The van der Waals surface area contributed by atoms with Crippen molar-refractivity contribution in [2.24, 2.45) is 5.73 Å². The number of rotatable bonds is 5. The van der Waals surface area contributed by atoms with Gasteiger partial charge in [0.05, 0.1) is 12.6 Å². The largest absolute Gasteiger partial charge is 0.465 e. The minimum absolute atomic E-state index is 0. The first kappa shape index (κ1) is 19.3. The highest BCUT2D eigenvalue weighted by Gasteiger charge is 2.36. The van der Waals surface area contributed by atoms with Gasteiger partial charge in [0.25, 0.3) is 5.91 Å². The number of likely N-dealkylation sites (tertiary alicyclic amines) is 1. The number of nitrogens with two attached hydrogens (primary N) is 1. The van der Waals surface area contributed by atoms with E-state index in [2.05, 4.69) is 5.32 Å². The van der Waals surface area contributed by atoms with Gasteiger partial charge >= 0.3 is 5.97 Å². The van der Waals surface area contributed by atoms with Crippen LogP contribution in [0.4, 0.5) is 0 Å². The van der Waals surface area contributed by atoms with Crippen LogP contribution in [-0.2, 0) is 23.9 Å². The summed E-state index contributed by atoms with van der Waals surface area (Å²) in [6.07, 6.45) is 0.282. The number of hydrogen-bond acceptors (Lipinski definition) is 6. The summed E-state index contributed by atoms with van der Waals surface area (Å²) in [6.45, 7) is 2.85. The second-order valence-electron chi connectivity index (χ2n) is 4.51. The van der Waals surface area contributed by atoms with Crippen LogP contribution in [0.1, 0.15) is 26.7 Å². The number of hydrogen-bond donors (Lipinski definition) is 2. The molecule has 0 saturated carbocycles. The van der Waals surface area contributed by atoms with E-state index in [1.54, 1.807) is 6.92 Å². The Balaban J connectivity index is 0.00000400. The maximum atomic E-state index is 12.1. The highest BCUT2D eigenvalue weighted by Crippen LogP contribution is 2.13. The average molecular weight is 322 g/mol. The van der Waals surface area contributed by atoms with Crippen LogP contribution < -0.4 is 11.1 Å². The normalized spacial score (nSPS) is 19.6. The van der Waals surface area contributed by atoms with Gasteiger partial charge in [0.1, 0.15) is 12.6 Å². The lowest BCUT2D eigenvalue weighted by atomic mass is 10.0.